The van der Waals surface area contributed by atoms with Crippen LogP contribution in [0.4, 0.5) is 5.69 Å². The van der Waals surface area contributed by atoms with Gasteiger partial charge in [0.1, 0.15) is 0 Å². The maximum Gasteiger partial charge on any atom is 0.224 e. The molecular formula is C17H15ClN2O. The maximum atomic E-state index is 11.9. The number of halogens is 1. The van der Waals surface area contributed by atoms with E-state index < -0.39 is 0 Å². The summed E-state index contributed by atoms with van der Waals surface area (Å²) in [6.45, 7) is 0. The largest absolute Gasteiger partial charge is 0.326 e. The topological polar surface area (TPSA) is 52.9 Å². The number of anilines is 1. The highest BCUT2D eigenvalue weighted by molar-refractivity contribution is 6.31. The quantitative estimate of drug-likeness (QED) is 0.908. The molecule has 2 rings (SSSR count). The van der Waals surface area contributed by atoms with Crippen LogP contribution in [0.25, 0.3) is 0 Å². The van der Waals surface area contributed by atoms with E-state index in [2.05, 4.69) is 11.4 Å². The van der Waals surface area contributed by atoms with Crippen molar-refractivity contribution in [1.29, 1.82) is 5.26 Å². The number of nitriles is 1. The van der Waals surface area contributed by atoms with Crippen LogP contribution in [0.2, 0.25) is 5.02 Å². The summed E-state index contributed by atoms with van der Waals surface area (Å²) in [6.07, 6.45) is 1.36. The third-order valence-electron chi connectivity index (χ3n) is 3.10. The molecule has 2 aromatic rings. The molecule has 0 atom stereocenters. The van der Waals surface area contributed by atoms with E-state index in [0.29, 0.717) is 24.3 Å². The number of hydrogen-bond donors (Lipinski definition) is 1. The van der Waals surface area contributed by atoms with Crippen LogP contribution in [-0.2, 0) is 17.6 Å². The summed E-state index contributed by atoms with van der Waals surface area (Å²) in [5.41, 5.74) is 2.64. The highest BCUT2D eigenvalue weighted by Gasteiger charge is 2.05. The molecule has 2 aromatic carbocycles. The highest BCUT2D eigenvalue weighted by atomic mass is 35.5. The van der Waals surface area contributed by atoms with Gasteiger partial charge in [0.15, 0.2) is 0 Å². The number of aryl methyl sites for hydroxylation is 1. The number of carbonyl (C=O) groups excluding carboxylic acids is 1. The van der Waals surface area contributed by atoms with Crippen LogP contribution in [0.15, 0.2) is 48.5 Å². The third-order valence-corrected chi connectivity index (χ3v) is 3.47. The Kier molecular flexibility index (Phi) is 5.36. The molecule has 0 unspecified atom stereocenters. The second-order valence-corrected chi connectivity index (χ2v) is 5.08. The highest BCUT2D eigenvalue weighted by Crippen LogP contribution is 2.17. The second-order valence-electron chi connectivity index (χ2n) is 4.67. The van der Waals surface area contributed by atoms with Crippen molar-refractivity contribution in [3.63, 3.8) is 0 Å². The molecule has 4 heteroatoms. The van der Waals surface area contributed by atoms with Crippen molar-refractivity contribution in [1.82, 2.24) is 0 Å². The minimum Gasteiger partial charge on any atom is -0.326 e. The molecule has 0 radical (unpaired) electrons. The molecule has 1 N–H and O–H groups in total. The van der Waals surface area contributed by atoms with Gasteiger partial charge in [-0.1, -0.05) is 41.9 Å². The van der Waals surface area contributed by atoms with E-state index in [1.807, 2.05) is 36.4 Å². The summed E-state index contributed by atoms with van der Waals surface area (Å²) in [4.78, 5) is 11.9. The third kappa shape index (κ3) is 4.62. The van der Waals surface area contributed by atoms with Gasteiger partial charge in [0.05, 0.1) is 12.5 Å². The summed E-state index contributed by atoms with van der Waals surface area (Å²) in [6, 6.07) is 16.9. The van der Waals surface area contributed by atoms with Gasteiger partial charge in [0.25, 0.3) is 0 Å². The van der Waals surface area contributed by atoms with E-state index in [9.17, 15) is 4.79 Å². The summed E-state index contributed by atoms with van der Waals surface area (Å²) in [5.74, 6) is -0.0528. The Hall–Kier alpha value is -2.31. The molecule has 1 amide bonds. The molecular weight excluding hydrogens is 284 g/mol. The normalized spacial score (nSPS) is 9.90. The molecule has 0 aromatic heterocycles. The fourth-order valence-electron chi connectivity index (χ4n) is 1.97. The van der Waals surface area contributed by atoms with E-state index >= 15 is 0 Å². The van der Waals surface area contributed by atoms with E-state index in [1.165, 1.54) is 0 Å². The molecule has 21 heavy (non-hydrogen) atoms. The lowest BCUT2D eigenvalue weighted by molar-refractivity contribution is -0.116. The van der Waals surface area contributed by atoms with E-state index in [0.717, 1.165) is 16.8 Å². The molecule has 0 bridgehead atoms. The fraction of sp³-hybridized carbons (Fsp3) is 0.176. The SMILES string of the molecule is N#CCc1ccc(NC(=O)CCc2ccccc2Cl)cc1. The summed E-state index contributed by atoms with van der Waals surface area (Å²) >= 11 is 6.06. The average molecular weight is 299 g/mol. The fourth-order valence-corrected chi connectivity index (χ4v) is 2.20. The van der Waals surface area contributed by atoms with Crippen LogP contribution >= 0.6 is 11.6 Å². The second kappa shape index (κ2) is 7.47. The molecule has 106 valence electrons. The van der Waals surface area contributed by atoms with Gasteiger partial charge in [-0.05, 0) is 35.7 Å². The minimum absolute atomic E-state index is 0.0528. The summed E-state index contributed by atoms with van der Waals surface area (Å²) in [5, 5.41) is 12.1. The molecule has 0 aliphatic carbocycles. The first-order valence-electron chi connectivity index (χ1n) is 6.68. The minimum atomic E-state index is -0.0528. The number of rotatable bonds is 5. The van der Waals surface area contributed by atoms with Crippen molar-refractivity contribution in [2.75, 3.05) is 5.32 Å². The van der Waals surface area contributed by atoms with Crippen molar-refractivity contribution in [2.45, 2.75) is 19.3 Å². The lowest BCUT2D eigenvalue weighted by Crippen LogP contribution is -2.12. The van der Waals surface area contributed by atoms with Gasteiger partial charge in [-0.15, -0.1) is 0 Å². The lowest BCUT2D eigenvalue weighted by Gasteiger charge is -2.07. The Morgan fingerprint density at radius 1 is 1.14 bits per heavy atom. The van der Waals surface area contributed by atoms with Crippen LogP contribution in [0, 0.1) is 11.3 Å². The van der Waals surface area contributed by atoms with Gasteiger partial charge >= 0.3 is 0 Å². The van der Waals surface area contributed by atoms with Crippen LogP contribution in [0.3, 0.4) is 0 Å². The van der Waals surface area contributed by atoms with Gasteiger partial charge < -0.3 is 5.32 Å². The van der Waals surface area contributed by atoms with Crippen LogP contribution in [0.5, 0.6) is 0 Å². The number of benzene rings is 2. The number of amides is 1. The van der Waals surface area contributed by atoms with Crippen molar-refractivity contribution in [3.05, 3.63) is 64.7 Å². The molecule has 0 aliphatic rings. The monoisotopic (exact) mass is 298 g/mol. The van der Waals surface area contributed by atoms with E-state index in [4.69, 9.17) is 16.9 Å². The Bertz CT molecular complexity index is 659. The Morgan fingerprint density at radius 2 is 1.86 bits per heavy atom. The lowest BCUT2D eigenvalue weighted by atomic mass is 10.1. The van der Waals surface area contributed by atoms with E-state index in [-0.39, 0.29) is 5.91 Å². The predicted octanol–water partition coefficient (Wildman–Crippen LogP) is 3.98. The molecule has 0 heterocycles. The van der Waals surface area contributed by atoms with Crippen LogP contribution < -0.4 is 5.32 Å². The molecule has 3 nitrogen and oxygen atoms in total. The van der Waals surface area contributed by atoms with Gasteiger partial charge in [-0.2, -0.15) is 5.26 Å². The van der Waals surface area contributed by atoms with Crippen molar-refractivity contribution in [3.8, 4) is 6.07 Å². The van der Waals surface area contributed by atoms with Gasteiger partial charge in [0.2, 0.25) is 5.91 Å². The maximum absolute atomic E-state index is 11.9. The predicted molar refractivity (Wildman–Crippen MR) is 84.2 cm³/mol. The Morgan fingerprint density at radius 3 is 2.52 bits per heavy atom. The molecule has 0 saturated carbocycles. The molecule has 0 aliphatic heterocycles. The van der Waals surface area contributed by atoms with Crippen LogP contribution in [-0.4, -0.2) is 5.91 Å². The number of nitrogens with one attached hydrogen (secondary N) is 1. The number of nitrogens with zero attached hydrogens (tertiary/aromatic N) is 1. The first-order valence-corrected chi connectivity index (χ1v) is 7.06. The first-order chi connectivity index (χ1) is 10.2. The van der Waals surface area contributed by atoms with Crippen LogP contribution in [0.1, 0.15) is 17.5 Å². The molecule has 0 spiro atoms. The zero-order valence-electron chi connectivity index (χ0n) is 11.5. The Labute approximate surface area is 129 Å². The van der Waals surface area contributed by atoms with Crippen molar-refractivity contribution >= 4 is 23.2 Å². The standard InChI is InChI=1S/C17H15ClN2O/c18-16-4-2-1-3-14(16)7-10-17(21)20-15-8-5-13(6-9-15)11-12-19/h1-6,8-9H,7,10-11H2,(H,20,21). The zero-order chi connectivity index (χ0) is 15.1. The molecule has 0 fully saturated rings. The zero-order valence-corrected chi connectivity index (χ0v) is 12.2. The smallest absolute Gasteiger partial charge is 0.224 e. The number of hydrogen-bond acceptors (Lipinski definition) is 2. The van der Waals surface area contributed by atoms with Gasteiger partial charge in [-0.3, -0.25) is 4.79 Å². The van der Waals surface area contributed by atoms with E-state index in [1.54, 1.807) is 12.1 Å². The average Bonchev–Trinajstić information content (AvgIpc) is 2.49. The number of carbonyl (C=O) groups is 1. The van der Waals surface area contributed by atoms with Crippen molar-refractivity contribution < 1.29 is 4.79 Å². The molecule has 0 saturated heterocycles. The van der Waals surface area contributed by atoms with Gasteiger partial charge in [0, 0.05) is 17.1 Å². The first kappa shape index (κ1) is 15.1. The van der Waals surface area contributed by atoms with Gasteiger partial charge in [-0.25, -0.2) is 0 Å². The van der Waals surface area contributed by atoms with Crippen molar-refractivity contribution in [2.24, 2.45) is 0 Å². The Balaban J connectivity index is 1.87. The summed E-state index contributed by atoms with van der Waals surface area (Å²) in [7, 11) is 0. The summed E-state index contributed by atoms with van der Waals surface area (Å²) < 4.78 is 0.